The second-order valence-electron chi connectivity index (χ2n) is 6.29. The molecular formula is C20H24N4O3S. The number of thiocarbonyl (C=S) groups is 1. The molecule has 0 bridgehead atoms. The number of benzene rings is 2. The van der Waals surface area contributed by atoms with Crippen LogP contribution >= 0.6 is 12.2 Å². The van der Waals surface area contributed by atoms with Crippen molar-refractivity contribution in [2.24, 2.45) is 0 Å². The van der Waals surface area contributed by atoms with E-state index in [1.54, 1.807) is 24.3 Å². The van der Waals surface area contributed by atoms with Crippen LogP contribution in [0.5, 0.6) is 0 Å². The minimum Gasteiger partial charge on any atom is -0.465 e. The number of amides is 2. The Labute approximate surface area is 169 Å². The van der Waals surface area contributed by atoms with Crippen molar-refractivity contribution in [3.8, 4) is 0 Å². The van der Waals surface area contributed by atoms with Crippen LogP contribution in [0.3, 0.4) is 0 Å². The monoisotopic (exact) mass is 400 g/mol. The first-order valence-electron chi connectivity index (χ1n) is 8.77. The number of hydrogen-bond donors (Lipinski definition) is 4. The minimum atomic E-state index is -0.441. The zero-order chi connectivity index (χ0) is 20.5. The molecule has 0 unspecified atom stereocenters. The van der Waals surface area contributed by atoms with E-state index in [2.05, 4.69) is 21.3 Å². The van der Waals surface area contributed by atoms with E-state index >= 15 is 0 Å². The number of nitrogens with one attached hydrogen (secondary N) is 4. The van der Waals surface area contributed by atoms with Gasteiger partial charge in [-0.15, -0.1) is 0 Å². The third kappa shape index (κ3) is 6.55. The average Bonchev–Trinajstić information content (AvgIpc) is 2.66. The van der Waals surface area contributed by atoms with Gasteiger partial charge in [0.2, 0.25) is 0 Å². The van der Waals surface area contributed by atoms with E-state index in [0.29, 0.717) is 22.9 Å². The Bertz CT molecular complexity index is 838. The van der Waals surface area contributed by atoms with E-state index < -0.39 is 5.97 Å². The first-order valence-corrected chi connectivity index (χ1v) is 9.18. The van der Waals surface area contributed by atoms with Crippen LogP contribution in [0, 0.1) is 0 Å². The molecule has 0 atom stereocenters. The molecule has 2 aromatic rings. The third-order valence-electron chi connectivity index (χ3n) is 3.67. The maximum Gasteiger partial charge on any atom is 0.339 e. The van der Waals surface area contributed by atoms with Crippen LogP contribution in [0.25, 0.3) is 0 Å². The van der Waals surface area contributed by atoms with Gasteiger partial charge in [0, 0.05) is 18.3 Å². The van der Waals surface area contributed by atoms with Crippen LogP contribution in [-0.4, -0.2) is 30.3 Å². The molecule has 0 fully saturated rings. The molecule has 2 rings (SSSR count). The average molecular weight is 401 g/mol. The highest BCUT2D eigenvalue weighted by Gasteiger charge is 2.12. The van der Waals surface area contributed by atoms with Crippen LogP contribution < -0.4 is 21.3 Å². The summed E-state index contributed by atoms with van der Waals surface area (Å²) in [5.74, 6) is -0.441. The Hall–Kier alpha value is -3.13. The number of ether oxygens (including phenoxy) is 1. The molecule has 0 aliphatic heterocycles. The Kier molecular flexibility index (Phi) is 7.76. The first kappa shape index (κ1) is 21.2. The van der Waals surface area contributed by atoms with Crippen LogP contribution in [0.1, 0.15) is 29.8 Å². The van der Waals surface area contributed by atoms with Gasteiger partial charge in [0.25, 0.3) is 0 Å². The van der Waals surface area contributed by atoms with Gasteiger partial charge in [-0.1, -0.05) is 24.3 Å². The molecule has 0 radical (unpaired) electrons. The van der Waals surface area contributed by atoms with Gasteiger partial charge < -0.3 is 26.0 Å². The molecule has 8 heteroatoms. The number of carbonyl (C=O) groups is 2. The molecule has 2 aromatic carbocycles. The van der Waals surface area contributed by atoms with Gasteiger partial charge in [-0.05, 0) is 55.9 Å². The Balaban J connectivity index is 1.91. The van der Waals surface area contributed by atoms with Gasteiger partial charge in [-0.25, -0.2) is 9.59 Å². The van der Waals surface area contributed by atoms with Gasteiger partial charge in [0.1, 0.15) is 0 Å². The Morgan fingerprint density at radius 1 is 1.04 bits per heavy atom. The highest BCUT2D eigenvalue weighted by molar-refractivity contribution is 7.80. The van der Waals surface area contributed by atoms with E-state index in [9.17, 15) is 9.59 Å². The molecule has 148 valence electrons. The van der Waals surface area contributed by atoms with Crippen molar-refractivity contribution in [3.05, 3.63) is 59.7 Å². The molecule has 0 heterocycles. The summed E-state index contributed by atoms with van der Waals surface area (Å²) in [5.41, 5.74) is 2.70. The van der Waals surface area contributed by atoms with Gasteiger partial charge in [-0.2, -0.15) is 0 Å². The molecule has 0 aliphatic carbocycles. The summed E-state index contributed by atoms with van der Waals surface area (Å²) < 4.78 is 4.77. The van der Waals surface area contributed by atoms with Crippen molar-refractivity contribution >= 4 is 40.7 Å². The summed E-state index contributed by atoms with van der Waals surface area (Å²) in [6.07, 6.45) is 0. The fraction of sp³-hybridized carbons (Fsp3) is 0.250. The summed E-state index contributed by atoms with van der Waals surface area (Å²) in [7, 11) is 1.33. The second kappa shape index (κ2) is 10.3. The molecule has 7 nitrogen and oxygen atoms in total. The molecule has 0 spiro atoms. The minimum absolute atomic E-state index is 0.0874. The largest absolute Gasteiger partial charge is 0.465 e. The van der Waals surface area contributed by atoms with E-state index in [1.165, 1.54) is 7.11 Å². The molecule has 28 heavy (non-hydrogen) atoms. The van der Waals surface area contributed by atoms with E-state index in [4.69, 9.17) is 17.0 Å². The molecule has 4 N–H and O–H groups in total. The Morgan fingerprint density at radius 3 is 2.36 bits per heavy atom. The predicted molar refractivity (Wildman–Crippen MR) is 115 cm³/mol. The van der Waals surface area contributed by atoms with Crippen LogP contribution in [-0.2, 0) is 11.3 Å². The number of carbonyl (C=O) groups excluding carboxylic acids is 2. The lowest BCUT2D eigenvalue weighted by Crippen LogP contribution is -2.39. The molecule has 0 aliphatic rings. The molecule has 0 saturated heterocycles. The number of rotatable bonds is 6. The van der Waals surface area contributed by atoms with Crippen molar-refractivity contribution in [2.75, 3.05) is 17.7 Å². The lowest BCUT2D eigenvalue weighted by Gasteiger charge is -2.14. The van der Waals surface area contributed by atoms with Crippen LogP contribution in [0.2, 0.25) is 0 Å². The molecule has 0 aromatic heterocycles. The number of hydrogen-bond acceptors (Lipinski definition) is 4. The quantitative estimate of drug-likeness (QED) is 0.438. The summed E-state index contributed by atoms with van der Waals surface area (Å²) in [6, 6.07) is 14.3. The normalized spacial score (nSPS) is 10.1. The summed E-state index contributed by atoms with van der Waals surface area (Å²) in [5, 5.41) is 12.0. The number of urea groups is 1. The van der Waals surface area contributed by atoms with Crippen molar-refractivity contribution in [3.63, 3.8) is 0 Å². The maximum absolute atomic E-state index is 11.8. The smallest absolute Gasteiger partial charge is 0.339 e. The fourth-order valence-electron chi connectivity index (χ4n) is 2.37. The maximum atomic E-state index is 11.8. The lowest BCUT2D eigenvalue weighted by atomic mass is 10.2. The SMILES string of the molecule is COC(=O)c1ccccc1NC(=S)Nc1ccc(CNC(=O)NC(C)C)cc1. The number of anilines is 2. The molecular weight excluding hydrogens is 376 g/mol. The van der Waals surface area contributed by atoms with Gasteiger partial charge in [0.05, 0.1) is 18.4 Å². The molecule has 2 amide bonds. The van der Waals surface area contributed by atoms with Crippen molar-refractivity contribution < 1.29 is 14.3 Å². The van der Waals surface area contributed by atoms with E-state index in [-0.39, 0.29) is 12.1 Å². The fourth-order valence-corrected chi connectivity index (χ4v) is 2.59. The highest BCUT2D eigenvalue weighted by Crippen LogP contribution is 2.17. The topological polar surface area (TPSA) is 91.5 Å². The van der Waals surface area contributed by atoms with E-state index in [0.717, 1.165) is 11.3 Å². The van der Waals surface area contributed by atoms with E-state index in [1.807, 2.05) is 38.1 Å². The third-order valence-corrected chi connectivity index (χ3v) is 3.87. The zero-order valence-electron chi connectivity index (χ0n) is 16.0. The van der Waals surface area contributed by atoms with Gasteiger partial charge in [-0.3, -0.25) is 0 Å². The van der Waals surface area contributed by atoms with Crippen molar-refractivity contribution in [1.29, 1.82) is 0 Å². The first-order chi connectivity index (χ1) is 13.4. The predicted octanol–water partition coefficient (Wildman–Crippen LogP) is 3.49. The Morgan fingerprint density at radius 2 is 1.71 bits per heavy atom. The number of esters is 1. The molecule has 0 saturated carbocycles. The van der Waals surface area contributed by atoms with Crippen LogP contribution in [0.15, 0.2) is 48.5 Å². The van der Waals surface area contributed by atoms with Crippen molar-refractivity contribution in [2.45, 2.75) is 26.4 Å². The number of methoxy groups -OCH3 is 1. The second-order valence-corrected chi connectivity index (χ2v) is 6.70. The number of para-hydroxylation sites is 1. The van der Waals surface area contributed by atoms with Crippen LogP contribution in [0.4, 0.5) is 16.2 Å². The standard InChI is InChI=1S/C20H24N4O3S/c1-13(2)22-19(26)21-12-14-8-10-15(11-9-14)23-20(28)24-17-7-5-4-6-16(17)18(25)27-3/h4-11,13H,12H2,1-3H3,(H2,21,22,26)(H2,23,24,28). The van der Waals surface area contributed by atoms with Gasteiger partial charge >= 0.3 is 12.0 Å². The highest BCUT2D eigenvalue weighted by atomic mass is 32.1. The van der Waals surface area contributed by atoms with Crippen molar-refractivity contribution in [1.82, 2.24) is 10.6 Å². The van der Waals surface area contributed by atoms with Gasteiger partial charge in [0.15, 0.2) is 5.11 Å². The zero-order valence-corrected chi connectivity index (χ0v) is 16.9. The summed E-state index contributed by atoms with van der Waals surface area (Å²) in [6.45, 7) is 4.23. The summed E-state index contributed by atoms with van der Waals surface area (Å²) >= 11 is 5.32. The summed E-state index contributed by atoms with van der Waals surface area (Å²) in [4.78, 5) is 23.4. The lowest BCUT2D eigenvalue weighted by molar-refractivity contribution is 0.0602.